The number of amides is 1. The van der Waals surface area contributed by atoms with Crippen LogP contribution >= 0.6 is 27.5 Å². The van der Waals surface area contributed by atoms with Crippen molar-refractivity contribution in [3.05, 3.63) is 64.4 Å². The molecular formula is C14H10BrClFNO. The molecule has 0 aliphatic carbocycles. The lowest BCUT2D eigenvalue weighted by Gasteiger charge is -2.12. The van der Waals surface area contributed by atoms with Gasteiger partial charge in [0.05, 0.1) is 5.69 Å². The zero-order valence-electron chi connectivity index (χ0n) is 9.74. The van der Waals surface area contributed by atoms with Crippen molar-refractivity contribution in [3.8, 4) is 0 Å². The van der Waals surface area contributed by atoms with Crippen LogP contribution in [0.25, 0.3) is 0 Å². The van der Waals surface area contributed by atoms with Gasteiger partial charge in [0.25, 0.3) is 0 Å². The molecule has 0 aliphatic heterocycles. The maximum atomic E-state index is 13.6. The molecule has 2 nitrogen and oxygen atoms in total. The summed E-state index contributed by atoms with van der Waals surface area (Å²) in [6, 6.07) is 13.4. The molecule has 2 aromatic rings. The Morgan fingerprint density at radius 1 is 1.16 bits per heavy atom. The van der Waals surface area contributed by atoms with Gasteiger partial charge in [-0.25, -0.2) is 4.39 Å². The maximum Gasteiger partial charge on any atom is 0.247 e. The number of carbonyl (C=O) groups excluding carboxylic acids is 1. The van der Waals surface area contributed by atoms with Crippen molar-refractivity contribution in [2.45, 2.75) is 5.38 Å². The molecule has 2 rings (SSSR count). The Hall–Kier alpha value is -1.39. The lowest BCUT2D eigenvalue weighted by molar-refractivity contribution is -0.116. The second kappa shape index (κ2) is 6.17. The molecule has 0 aliphatic rings. The Kier molecular flexibility index (Phi) is 4.56. The third kappa shape index (κ3) is 3.33. The first-order chi connectivity index (χ1) is 9.09. The van der Waals surface area contributed by atoms with Crippen molar-refractivity contribution in [3.63, 3.8) is 0 Å². The summed E-state index contributed by atoms with van der Waals surface area (Å²) in [7, 11) is 0. The number of nitrogens with one attached hydrogen (secondary N) is 1. The van der Waals surface area contributed by atoms with Crippen molar-refractivity contribution in [1.29, 1.82) is 0 Å². The zero-order valence-corrected chi connectivity index (χ0v) is 12.1. The molecule has 98 valence electrons. The highest BCUT2D eigenvalue weighted by Crippen LogP contribution is 2.28. The van der Waals surface area contributed by atoms with Gasteiger partial charge < -0.3 is 5.32 Å². The molecule has 0 saturated heterocycles. The molecule has 1 unspecified atom stereocenters. The molecule has 19 heavy (non-hydrogen) atoms. The van der Waals surface area contributed by atoms with Gasteiger partial charge in [0.2, 0.25) is 5.91 Å². The summed E-state index contributed by atoms with van der Waals surface area (Å²) in [6.07, 6.45) is 0. The van der Waals surface area contributed by atoms with E-state index < -0.39 is 17.1 Å². The van der Waals surface area contributed by atoms with Crippen LogP contribution in [0.4, 0.5) is 10.1 Å². The number of carbonyl (C=O) groups is 1. The summed E-state index contributed by atoms with van der Waals surface area (Å²) < 4.78 is 14.1. The number of halogens is 3. The summed E-state index contributed by atoms with van der Waals surface area (Å²) in [5.74, 6) is -0.988. The van der Waals surface area contributed by atoms with Gasteiger partial charge in [-0.2, -0.15) is 0 Å². The number of rotatable bonds is 3. The average Bonchev–Trinajstić information content (AvgIpc) is 2.43. The Balaban J connectivity index is 2.18. The fraction of sp³-hybridized carbons (Fsp3) is 0.0714. The van der Waals surface area contributed by atoms with Gasteiger partial charge in [0, 0.05) is 4.47 Å². The minimum absolute atomic E-state index is 0.0917. The highest BCUT2D eigenvalue weighted by molar-refractivity contribution is 9.10. The lowest BCUT2D eigenvalue weighted by atomic mass is 10.1. The minimum atomic E-state index is -0.868. The fourth-order valence-electron chi connectivity index (χ4n) is 1.58. The summed E-state index contributed by atoms with van der Waals surface area (Å²) in [6.45, 7) is 0. The summed E-state index contributed by atoms with van der Waals surface area (Å²) >= 11 is 9.24. The van der Waals surface area contributed by atoms with E-state index in [0.29, 0.717) is 10.0 Å². The van der Waals surface area contributed by atoms with Crippen LogP contribution in [0.2, 0.25) is 0 Å². The Bertz CT molecular complexity index is 571. The Labute approximate surface area is 123 Å². The van der Waals surface area contributed by atoms with Crippen LogP contribution in [0, 0.1) is 5.82 Å². The van der Waals surface area contributed by atoms with E-state index in [1.807, 2.05) is 6.07 Å². The van der Waals surface area contributed by atoms with Crippen LogP contribution in [-0.4, -0.2) is 5.91 Å². The van der Waals surface area contributed by atoms with Crippen molar-refractivity contribution < 1.29 is 9.18 Å². The molecule has 1 N–H and O–H groups in total. The SMILES string of the molecule is O=C(Nc1c(F)cccc1Br)C(Cl)c1ccccc1. The number of benzene rings is 2. The van der Waals surface area contributed by atoms with Gasteiger partial charge in [0.1, 0.15) is 11.2 Å². The zero-order chi connectivity index (χ0) is 13.8. The molecule has 0 saturated carbocycles. The van der Waals surface area contributed by atoms with E-state index in [-0.39, 0.29) is 5.69 Å². The number of hydrogen-bond acceptors (Lipinski definition) is 1. The molecule has 0 bridgehead atoms. The molecule has 2 aromatic carbocycles. The van der Waals surface area contributed by atoms with Gasteiger partial charge in [-0.3, -0.25) is 4.79 Å². The quantitative estimate of drug-likeness (QED) is 0.817. The summed E-state index contributed by atoms with van der Waals surface area (Å²) in [5.41, 5.74) is 0.753. The molecule has 0 fully saturated rings. The maximum absolute atomic E-state index is 13.6. The molecule has 0 radical (unpaired) electrons. The van der Waals surface area contributed by atoms with Crippen LogP contribution in [-0.2, 0) is 4.79 Å². The lowest BCUT2D eigenvalue weighted by Crippen LogP contribution is -2.18. The highest BCUT2D eigenvalue weighted by Gasteiger charge is 2.19. The van der Waals surface area contributed by atoms with Crippen LogP contribution < -0.4 is 5.32 Å². The molecule has 1 atom stereocenters. The van der Waals surface area contributed by atoms with Crippen LogP contribution in [0.3, 0.4) is 0 Å². The van der Waals surface area contributed by atoms with Gasteiger partial charge in [-0.1, -0.05) is 36.4 Å². The van der Waals surface area contributed by atoms with E-state index in [9.17, 15) is 9.18 Å². The predicted octanol–water partition coefficient (Wildman–Crippen LogP) is 4.51. The first-order valence-corrected chi connectivity index (χ1v) is 6.76. The van der Waals surface area contributed by atoms with E-state index in [0.717, 1.165) is 0 Å². The number of hydrogen-bond donors (Lipinski definition) is 1. The molecule has 0 heterocycles. The van der Waals surface area contributed by atoms with E-state index in [1.54, 1.807) is 36.4 Å². The molecule has 5 heteroatoms. The number of para-hydroxylation sites is 1. The van der Waals surface area contributed by atoms with Crippen LogP contribution in [0.5, 0.6) is 0 Å². The molecule has 0 spiro atoms. The van der Waals surface area contributed by atoms with Gasteiger partial charge in [-0.05, 0) is 33.6 Å². The monoisotopic (exact) mass is 341 g/mol. The van der Waals surface area contributed by atoms with Crippen molar-refractivity contribution >= 4 is 39.1 Å². The standard InChI is InChI=1S/C14H10BrClFNO/c15-10-7-4-8-11(17)13(10)18-14(19)12(16)9-5-2-1-3-6-9/h1-8,12H,(H,18,19). The Morgan fingerprint density at radius 3 is 2.47 bits per heavy atom. The fourth-order valence-corrected chi connectivity index (χ4v) is 2.22. The van der Waals surface area contributed by atoms with Crippen molar-refractivity contribution in [2.75, 3.05) is 5.32 Å². The minimum Gasteiger partial charge on any atom is -0.321 e. The molecular weight excluding hydrogens is 333 g/mol. The number of anilines is 1. The van der Waals surface area contributed by atoms with Gasteiger partial charge in [-0.15, -0.1) is 11.6 Å². The van der Waals surface area contributed by atoms with Gasteiger partial charge >= 0.3 is 0 Å². The van der Waals surface area contributed by atoms with Crippen molar-refractivity contribution in [2.24, 2.45) is 0 Å². The first-order valence-electron chi connectivity index (χ1n) is 5.53. The molecule has 1 amide bonds. The smallest absolute Gasteiger partial charge is 0.247 e. The van der Waals surface area contributed by atoms with Crippen LogP contribution in [0.1, 0.15) is 10.9 Å². The number of alkyl halides is 1. The summed E-state index contributed by atoms with van der Waals surface area (Å²) in [4.78, 5) is 12.0. The second-order valence-electron chi connectivity index (χ2n) is 3.86. The van der Waals surface area contributed by atoms with E-state index >= 15 is 0 Å². The third-order valence-electron chi connectivity index (χ3n) is 2.53. The predicted molar refractivity (Wildman–Crippen MR) is 77.8 cm³/mol. The van der Waals surface area contributed by atoms with E-state index in [4.69, 9.17) is 11.6 Å². The average molecular weight is 343 g/mol. The Morgan fingerprint density at radius 2 is 1.84 bits per heavy atom. The largest absolute Gasteiger partial charge is 0.321 e. The second-order valence-corrected chi connectivity index (χ2v) is 5.15. The normalized spacial score (nSPS) is 11.9. The third-order valence-corrected chi connectivity index (χ3v) is 3.64. The highest BCUT2D eigenvalue weighted by atomic mass is 79.9. The topological polar surface area (TPSA) is 29.1 Å². The van der Waals surface area contributed by atoms with E-state index in [2.05, 4.69) is 21.2 Å². The summed E-state index contributed by atoms with van der Waals surface area (Å²) in [5, 5.41) is 1.62. The van der Waals surface area contributed by atoms with Crippen LogP contribution in [0.15, 0.2) is 53.0 Å². The molecule has 0 aromatic heterocycles. The van der Waals surface area contributed by atoms with Crippen molar-refractivity contribution in [1.82, 2.24) is 0 Å². The van der Waals surface area contributed by atoms with E-state index in [1.165, 1.54) is 6.07 Å². The van der Waals surface area contributed by atoms with Gasteiger partial charge in [0.15, 0.2) is 0 Å². The first kappa shape index (κ1) is 14.0.